The zero-order valence-corrected chi connectivity index (χ0v) is 7.35. The zero-order valence-electron chi connectivity index (χ0n) is 7.35. The van der Waals surface area contributed by atoms with Gasteiger partial charge in [0.1, 0.15) is 0 Å². The molecule has 66 valence electrons. The summed E-state index contributed by atoms with van der Waals surface area (Å²) in [6.07, 6.45) is 3.93. The minimum atomic E-state index is 0.816. The third kappa shape index (κ3) is 1.90. The van der Waals surface area contributed by atoms with E-state index >= 15 is 0 Å². The molecule has 0 fully saturated rings. The molecule has 0 aliphatic heterocycles. The highest BCUT2D eigenvalue weighted by Gasteiger charge is 1.93. The Morgan fingerprint density at radius 2 is 1.85 bits per heavy atom. The average Bonchev–Trinajstić information content (AvgIpc) is 2.53. The lowest BCUT2D eigenvalue weighted by molar-refractivity contribution is 0.807. The Bertz CT molecular complexity index is 376. The fraction of sp³-hybridized carbons (Fsp3) is 0.0909. The summed E-state index contributed by atoms with van der Waals surface area (Å²) < 4.78 is 2.07. The van der Waals surface area contributed by atoms with Crippen molar-refractivity contribution in [2.45, 2.75) is 6.54 Å². The highest BCUT2D eigenvalue weighted by Crippen LogP contribution is 2.06. The first kappa shape index (κ1) is 7.92. The lowest BCUT2D eigenvalue weighted by Gasteiger charge is -2.01. The molecule has 0 saturated carbocycles. The van der Waals surface area contributed by atoms with Gasteiger partial charge in [-0.1, -0.05) is 30.3 Å². The molecule has 1 aromatic carbocycles. The minimum Gasteiger partial charge on any atom is -0.398 e. The van der Waals surface area contributed by atoms with E-state index in [0.717, 1.165) is 12.2 Å². The summed E-state index contributed by atoms with van der Waals surface area (Å²) in [4.78, 5) is 0. The van der Waals surface area contributed by atoms with Gasteiger partial charge in [-0.2, -0.15) is 0 Å². The topological polar surface area (TPSA) is 30.9 Å². The predicted molar refractivity (Wildman–Crippen MR) is 54.4 cm³/mol. The van der Waals surface area contributed by atoms with Gasteiger partial charge in [0.25, 0.3) is 0 Å². The van der Waals surface area contributed by atoms with Gasteiger partial charge in [-0.05, 0) is 11.6 Å². The van der Waals surface area contributed by atoms with Crippen LogP contribution in [0.4, 0.5) is 5.69 Å². The first-order valence-electron chi connectivity index (χ1n) is 4.30. The first-order chi connectivity index (χ1) is 6.34. The first-order valence-corrected chi connectivity index (χ1v) is 4.30. The van der Waals surface area contributed by atoms with Crippen LogP contribution in [-0.2, 0) is 6.54 Å². The van der Waals surface area contributed by atoms with Gasteiger partial charge in [-0.3, -0.25) is 0 Å². The number of nitrogen functional groups attached to an aromatic ring is 1. The number of hydrogen-bond donors (Lipinski definition) is 1. The Morgan fingerprint density at radius 3 is 2.46 bits per heavy atom. The number of nitrogens with zero attached hydrogens (tertiary/aromatic N) is 1. The second-order valence-corrected chi connectivity index (χ2v) is 3.10. The van der Waals surface area contributed by atoms with Gasteiger partial charge < -0.3 is 10.3 Å². The largest absolute Gasteiger partial charge is 0.398 e. The van der Waals surface area contributed by atoms with Crippen molar-refractivity contribution in [3.63, 3.8) is 0 Å². The summed E-state index contributed by atoms with van der Waals surface area (Å²) >= 11 is 0. The van der Waals surface area contributed by atoms with E-state index in [1.807, 2.05) is 36.7 Å². The maximum Gasteiger partial charge on any atom is 0.0493 e. The molecule has 2 heteroatoms. The predicted octanol–water partition coefficient (Wildman–Crippen LogP) is 2.12. The number of rotatable bonds is 2. The monoisotopic (exact) mass is 172 g/mol. The van der Waals surface area contributed by atoms with Crippen molar-refractivity contribution < 1.29 is 0 Å². The molecule has 0 spiro atoms. The normalized spacial score (nSPS) is 10.2. The van der Waals surface area contributed by atoms with Crippen LogP contribution >= 0.6 is 0 Å². The SMILES string of the molecule is Nc1ccn(Cc2ccccc2)c1. The van der Waals surface area contributed by atoms with Crippen LogP contribution in [-0.4, -0.2) is 4.57 Å². The van der Waals surface area contributed by atoms with Crippen LogP contribution in [0.2, 0.25) is 0 Å². The summed E-state index contributed by atoms with van der Waals surface area (Å²) in [5.41, 5.74) is 7.72. The summed E-state index contributed by atoms with van der Waals surface area (Å²) in [5.74, 6) is 0. The van der Waals surface area contributed by atoms with Gasteiger partial charge in [0.2, 0.25) is 0 Å². The Morgan fingerprint density at radius 1 is 1.08 bits per heavy atom. The van der Waals surface area contributed by atoms with Crippen LogP contribution in [0.25, 0.3) is 0 Å². The molecule has 2 aromatic rings. The number of benzene rings is 1. The van der Waals surface area contributed by atoms with Crippen LogP contribution in [0.1, 0.15) is 5.56 Å². The van der Waals surface area contributed by atoms with Crippen molar-refractivity contribution in [3.05, 3.63) is 54.4 Å². The van der Waals surface area contributed by atoms with Crippen molar-refractivity contribution in [1.82, 2.24) is 4.57 Å². The van der Waals surface area contributed by atoms with Crippen molar-refractivity contribution in [2.75, 3.05) is 5.73 Å². The van der Waals surface area contributed by atoms with Gasteiger partial charge in [0.15, 0.2) is 0 Å². The van der Waals surface area contributed by atoms with Gasteiger partial charge in [-0.15, -0.1) is 0 Å². The summed E-state index contributed by atoms with van der Waals surface area (Å²) in [6, 6.07) is 12.2. The van der Waals surface area contributed by atoms with Crippen LogP contribution in [0.15, 0.2) is 48.8 Å². The molecule has 2 nitrogen and oxygen atoms in total. The quantitative estimate of drug-likeness (QED) is 0.739. The Hall–Kier alpha value is -1.70. The Kier molecular flexibility index (Phi) is 2.04. The fourth-order valence-electron chi connectivity index (χ4n) is 1.35. The molecule has 2 rings (SSSR count). The lowest BCUT2D eigenvalue weighted by Crippen LogP contribution is -1.95. The van der Waals surface area contributed by atoms with E-state index in [1.165, 1.54) is 5.56 Å². The van der Waals surface area contributed by atoms with Crippen molar-refractivity contribution >= 4 is 5.69 Å². The summed E-state index contributed by atoms with van der Waals surface area (Å²) in [7, 11) is 0. The molecule has 0 saturated heterocycles. The van der Waals surface area contributed by atoms with E-state index in [0.29, 0.717) is 0 Å². The fourth-order valence-corrected chi connectivity index (χ4v) is 1.35. The molecule has 0 radical (unpaired) electrons. The van der Waals surface area contributed by atoms with Crippen molar-refractivity contribution in [1.29, 1.82) is 0 Å². The highest BCUT2D eigenvalue weighted by atomic mass is 14.9. The van der Waals surface area contributed by atoms with Gasteiger partial charge >= 0.3 is 0 Å². The van der Waals surface area contributed by atoms with Gasteiger partial charge in [0.05, 0.1) is 0 Å². The maximum atomic E-state index is 5.61. The van der Waals surface area contributed by atoms with Crippen molar-refractivity contribution in [3.8, 4) is 0 Å². The number of nitrogens with two attached hydrogens (primary N) is 1. The maximum absolute atomic E-state index is 5.61. The van der Waals surface area contributed by atoms with Gasteiger partial charge in [0, 0.05) is 24.6 Å². The second-order valence-electron chi connectivity index (χ2n) is 3.10. The van der Waals surface area contributed by atoms with E-state index in [-0.39, 0.29) is 0 Å². The third-order valence-electron chi connectivity index (χ3n) is 1.98. The lowest BCUT2D eigenvalue weighted by atomic mass is 10.2. The van der Waals surface area contributed by atoms with Crippen LogP contribution in [0.3, 0.4) is 0 Å². The molecule has 13 heavy (non-hydrogen) atoms. The summed E-state index contributed by atoms with van der Waals surface area (Å²) in [6.45, 7) is 0.887. The van der Waals surface area contributed by atoms with Crippen LogP contribution < -0.4 is 5.73 Å². The standard InChI is InChI=1S/C11H12N2/c12-11-6-7-13(9-11)8-10-4-2-1-3-5-10/h1-7,9H,8,12H2. The molecule has 0 bridgehead atoms. The third-order valence-corrected chi connectivity index (χ3v) is 1.98. The highest BCUT2D eigenvalue weighted by molar-refractivity contribution is 5.34. The molecular weight excluding hydrogens is 160 g/mol. The second kappa shape index (κ2) is 3.35. The molecule has 0 amide bonds. The molecule has 1 aromatic heterocycles. The van der Waals surface area contributed by atoms with E-state index < -0.39 is 0 Å². The summed E-state index contributed by atoms with van der Waals surface area (Å²) in [5, 5.41) is 0. The molecule has 1 heterocycles. The zero-order chi connectivity index (χ0) is 9.10. The Labute approximate surface area is 77.6 Å². The van der Waals surface area contributed by atoms with E-state index in [4.69, 9.17) is 5.73 Å². The molecular formula is C11H12N2. The number of aromatic nitrogens is 1. The number of hydrogen-bond acceptors (Lipinski definition) is 1. The molecule has 0 aliphatic rings. The van der Waals surface area contributed by atoms with Gasteiger partial charge in [-0.25, -0.2) is 0 Å². The van der Waals surface area contributed by atoms with Crippen LogP contribution in [0, 0.1) is 0 Å². The minimum absolute atomic E-state index is 0.816. The van der Waals surface area contributed by atoms with E-state index in [2.05, 4.69) is 16.7 Å². The molecule has 0 aliphatic carbocycles. The molecule has 0 atom stereocenters. The number of anilines is 1. The molecule has 2 N–H and O–H groups in total. The molecule has 0 unspecified atom stereocenters. The Balaban J connectivity index is 2.15. The smallest absolute Gasteiger partial charge is 0.0493 e. The van der Waals surface area contributed by atoms with Crippen LogP contribution in [0.5, 0.6) is 0 Å². The van der Waals surface area contributed by atoms with E-state index in [1.54, 1.807) is 0 Å². The van der Waals surface area contributed by atoms with Crippen molar-refractivity contribution in [2.24, 2.45) is 0 Å². The average molecular weight is 172 g/mol. The van der Waals surface area contributed by atoms with E-state index in [9.17, 15) is 0 Å².